The normalized spacial score (nSPS) is 12.6. The highest BCUT2D eigenvalue weighted by Gasteiger charge is 2.16. The van der Waals surface area contributed by atoms with Gasteiger partial charge < -0.3 is 4.57 Å². The fourth-order valence-corrected chi connectivity index (χ4v) is 2.29. The summed E-state index contributed by atoms with van der Waals surface area (Å²) >= 11 is 5.97. The Morgan fingerprint density at radius 3 is 2.95 bits per heavy atom. The summed E-state index contributed by atoms with van der Waals surface area (Å²) in [4.78, 5) is 4.24. The maximum absolute atomic E-state index is 13.4. The average Bonchev–Trinajstić information content (AvgIpc) is 2.80. The van der Waals surface area contributed by atoms with Gasteiger partial charge in [-0.1, -0.05) is 23.7 Å². The van der Waals surface area contributed by atoms with Crippen molar-refractivity contribution in [2.45, 2.75) is 18.9 Å². The van der Waals surface area contributed by atoms with E-state index in [4.69, 9.17) is 17.4 Å². The fraction of sp³-hybridized carbons (Fsp3) is 0.308. The van der Waals surface area contributed by atoms with Gasteiger partial charge in [0.1, 0.15) is 11.6 Å². The average molecular weight is 283 g/mol. The lowest BCUT2D eigenvalue weighted by Gasteiger charge is -2.17. The summed E-state index contributed by atoms with van der Waals surface area (Å²) in [5.74, 6) is 6.06. The van der Waals surface area contributed by atoms with Crippen LogP contribution < -0.4 is 11.3 Å². The Morgan fingerprint density at radius 2 is 2.32 bits per heavy atom. The summed E-state index contributed by atoms with van der Waals surface area (Å²) in [6.07, 6.45) is 5.04. The molecule has 0 amide bonds. The lowest BCUT2D eigenvalue weighted by molar-refractivity contribution is 0.502. The summed E-state index contributed by atoms with van der Waals surface area (Å²) in [5.41, 5.74) is 3.35. The minimum absolute atomic E-state index is 0.116. The number of nitrogens with zero attached hydrogens (tertiary/aromatic N) is 2. The first kappa shape index (κ1) is 14.0. The van der Waals surface area contributed by atoms with E-state index in [1.807, 2.05) is 17.8 Å². The largest absolute Gasteiger partial charge is 0.338 e. The highest BCUT2D eigenvalue weighted by Crippen LogP contribution is 2.27. The lowest BCUT2D eigenvalue weighted by atomic mass is 10.0. The van der Waals surface area contributed by atoms with Gasteiger partial charge in [-0.15, -0.1) is 0 Å². The molecule has 0 saturated heterocycles. The first-order valence-electron chi connectivity index (χ1n) is 5.99. The standard InChI is InChI=1S/C13H16ClFN4/c1-19-8-7-17-12(19)6-5-11(18-16)9-3-2-4-10(15)13(9)14/h2-4,7-8,11,18H,5-6,16H2,1H3. The SMILES string of the molecule is Cn1ccnc1CCC(NN)c1cccc(F)c1Cl. The van der Waals surface area contributed by atoms with Crippen molar-refractivity contribution in [3.05, 3.63) is 52.8 Å². The lowest BCUT2D eigenvalue weighted by Crippen LogP contribution is -2.29. The van der Waals surface area contributed by atoms with Gasteiger partial charge in [0, 0.05) is 31.9 Å². The molecule has 1 aromatic carbocycles. The Morgan fingerprint density at radius 1 is 1.53 bits per heavy atom. The van der Waals surface area contributed by atoms with E-state index in [1.165, 1.54) is 6.07 Å². The Balaban J connectivity index is 2.12. The molecule has 2 aromatic rings. The molecule has 102 valence electrons. The smallest absolute Gasteiger partial charge is 0.142 e. The Kier molecular flexibility index (Phi) is 4.52. The minimum atomic E-state index is -0.434. The predicted molar refractivity (Wildman–Crippen MR) is 73.0 cm³/mol. The molecule has 0 aliphatic rings. The first-order valence-corrected chi connectivity index (χ1v) is 6.37. The number of nitrogens with two attached hydrogens (primary N) is 1. The second-order valence-electron chi connectivity index (χ2n) is 4.36. The molecule has 4 nitrogen and oxygen atoms in total. The van der Waals surface area contributed by atoms with Crippen molar-refractivity contribution in [3.63, 3.8) is 0 Å². The van der Waals surface area contributed by atoms with Crippen LogP contribution in [0.4, 0.5) is 4.39 Å². The van der Waals surface area contributed by atoms with Crippen molar-refractivity contribution < 1.29 is 4.39 Å². The summed E-state index contributed by atoms with van der Waals surface area (Å²) in [6, 6.07) is 4.52. The van der Waals surface area contributed by atoms with E-state index >= 15 is 0 Å². The summed E-state index contributed by atoms with van der Waals surface area (Å²) < 4.78 is 15.4. The molecule has 6 heteroatoms. The Hall–Kier alpha value is -1.43. The number of hydrogen-bond acceptors (Lipinski definition) is 3. The van der Waals surface area contributed by atoms with Crippen molar-refractivity contribution in [1.29, 1.82) is 0 Å². The minimum Gasteiger partial charge on any atom is -0.338 e. The third kappa shape index (κ3) is 3.12. The molecule has 1 unspecified atom stereocenters. The molecule has 0 aliphatic carbocycles. The van der Waals surface area contributed by atoms with Crippen LogP contribution in [0.25, 0.3) is 0 Å². The number of halogens is 2. The third-order valence-electron chi connectivity index (χ3n) is 3.14. The third-order valence-corrected chi connectivity index (χ3v) is 3.53. The van der Waals surface area contributed by atoms with E-state index in [0.29, 0.717) is 12.0 Å². The molecule has 1 aromatic heterocycles. The van der Waals surface area contributed by atoms with Gasteiger partial charge in [-0.25, -0.2) is 9.37 Å². The number of imidazole rings is 1. The quantitative estimate of drug-likeness (QED) is 0.654. The van der Waals surface area contributed by atoms with Gasteiger partial charge in [0.25, 0.3) is 0 Å². The molecule has 0 saturated carbocycles. The number of rotatable bonds is 5. The van der Waals surface area contributed by atoms with Crippen molar-refractivity contribution in [3.8, 4) is 0 Å². The zero-order chi connectivity index (χ0) is 13.8. The van der Waals surface area contributed by atoms with Gasteiger partial charge in [-0.3, -0.25) is 11.3 Å². The first-order chi connectivity index (χ1) is 9.13. The molecule has 0 radical (unpaired) electrons. The van der Waals surface area contributed by atoms with E-state index in [9.17, 15) is 4.39 Å². The van der Waals surface area contributed by atoms with Crippen LogP contribution in [-0.2, 0) is 13.5 Å². The van der Waals surface area contributed by atoms with Crippen LogP contribution in [0.1, 0.15) is 23.9 Å². The van der Waals surface area contributed by atoms with Gasteiger partial charge >= 0.3 is 0 Å². The van der Waals surface area contributed by atoms with Crippen molar-refractivity contribution in [2.24, 2.45) is 12.9 Å². The van der Waals surface area contributed by atoms with Gasteiger partial charge in [0.05, 0.1) is 5.02 Å². The molecular formula is C13H16ClFN4. The number of benzene rings is 1. The molecule has 0 bridgehead atoms. The number of aromatic nitrogens is 2. The number of nitrogens with one attached hydrogen (secondary N) is 1. The van der Waals surface area contributed by atoms with Gasteiger partial charge in [-0.2, -0.15) is 0 Å². The number of hydrazine groups is 1. The van der Waals surface area contributed by atoms with E-state index in [2.05, 4.69) is 10.4 Å². The van der Waals surface area contributed by atoms with Crippen LogP contribution in [0.15, 0.2) is 30.6 Å². The van der Waals surface area contributed by atoms with Crippen LogP contribution in [0, 0.1) is 5.82 Å². The Labute approximate surface area is 116 Å². The summed E-state index contributed by atoms with van der Waals surface area (Å²) in [5, 5.41) is 0.116. The maximum atomic E-state index is 13.4. The maximum Gasteiger partial charge on any atom is 0.142 e. The molecule has 0 spiro atoms. The second-order valence-corrected chi connectivity index (χ2v) is 4.73. The highest BCUT2D eigenvalue weighted by atomic mass is 35.5. The predicted octanol–water partition coefficient (Wildman–Crippen LogP) is 2.35. The Bertz CT molecular complexity index is 555. The topological polar surface area (TPSA) is 55.9 Å². The van der Waals surface area contributed by atoms with E-state index in [0.717, 1.165) is 12.2 Å². The van der Waals surface area contributed by atoms with Crippen LogP contribution in [0.2, 0.25) is 5.02 Å². The molecule has 0 fully saturated rings. The van der Waals surface area contributed by atoms with Crippen molar-refractivity contribution >= 4 is 11.6 Å². The van der Waals surface area contributed by atoms with Crippen molar-refractivity contribution in [1.82, 2.24) is 15.0 Å². The van der Waals surface area contributed by atoms with Crippen molar-refractivity contribution in [2.75, 3.05) is 0 Å². The van der Waals surface area contributed by atoms with E-state index in [-0.39, 0.29) is 11.1 Å². The fourth-order valence-electron chi connectivity index (χ4n) is 2.03. The number of aryl methyl sites for hydroxylation is 2. The molecule has 19 heavy (non-hydrogen) atoms. The zero-order valence-electron chi connectivity index (χ0n) is 10.6. The zero-order valence-corrected chi connectivity index (χ0v) is 11.4. The molecule has 2 rings (SSSR count). The number of hydrogen-bond donors (Lipinski definition) is 2. The monoisotopic (exact) mass is 282 g/mol. The van der Waals surface area contributed by atoms with Crippen LogP contribution in [0.5, 0.6) is 0 Å². The van der Waals surface area contributed by atoms with Gasteiger partial charge in [0.15, 0.2) is 0 Å². The summed E-state index contributed by atoms with van der Waals surface area (Å²) in [6.45, 7) is 0. The summed E-state index contributed by atoms with van der Waals surface area (Å²) in [7, 11) is 1.93. The molecular weight excluding hydrogens is 267 g/mol. The molecule has 1 heterocycles. The van der Waals surface area contributed by atoms with E-state index < -0.39 is 5.82 Å². The van der Waals surface area contributed by atoms with Crippen LogP contribution in [0.3, 0.4) is 0 Å². The van der Waals surface area contributed by atoms with Gasteiger partial charge in [0.2, 0.25) is 0 Å². The molecule has 0 aliphatic heterocycles. The van der Waals surface area contributed by atoms with Crippen LogP contribution >= 0.6 is 11.6 Å². The molecule has 1 atom stereocenters. The molecule has 3 N–H and O–H groups in total. The van der Waals surface area contributed by atoms with Gasteiger partial charge in [-0.05, 0) is 18.1 Å². The second kappa shape index (κ2) is 6.14. The van der Waals surface area contributed by atoms with Crippen LogP contribution in [-0.4, -0.2) is 9.55 Å². The highest BCUT2D eigenvalue weighted by molar-refractivity contribution is 6.31. The van der Waals surface area contributed by atoms with E-state index in [1.54, 1.807) is 18.3 Å².